The molecule has 0 aliphatic carbocycles. The third-order valence-corrected chi connectivity index (χ3v) is 2.62. The fourth-order valence-corrected chi connectivity index (χ4v) is 1.86. The van der Waals surface area contributed by atoms with Gasteiger partial charge in [-0.25, -0.2) is 0 Å². The summed E-state index contributed by atoms with van der Waals surface area (Å²) in [5, 5.41) is 3.39. The van der Waals surface area contributed by atoms with Crippen molar-refractivity contribution < 1.29 is 14.2 Å². The van der Waals surface area contributed by atoms with Crippen molar-refractivity contribution in [2.75, 3.05) is 27.1 Å². The molecule has 4 heteroatoms. The fraction of sp³-hybridized carbons (Fsp3) is 1.00. The molecule has 0 radical (unpaired) electrons. The number of hydrogen-bond acceptors (Lipinski definition) is 4. The summed E-state index contributed by atoms with van der Waals surface area (Å²) in [5.74, 6) is 0. The monoisotopic (exact) mass is 217 g/mol. The smallest absolute Gasteiger partial charge is 0.146 e. The number of methoxy groups -OCH3 is 1. The third-order valence-electron chi connectivity index (χ3n) is 2.62. The molecule has 1 aliphatic rings. The molecule has 1 heterocycles. The summed E-state index contributed by atoms with van der Waals surface area (Å²) in [6.45, 7) is 4.17. The zero-order valence-corrected chi connectivity index (χ0v) is 9.83. The first-order valence-electron chi connectivity index (χ1n) is 5.82. The van der Waals surface area contributed by atoms with Crippen LogP contribution in [0.25, 0.3) is 0 Å². The molecule has 0 bridgehead atoms. The number of ether oxygens (including phenoxy) is 3. The van der Waals surface area contributed by atoms with Gasteiger partial charge in [0.25, 0.3) is 0 Å². The lowest BCUT2D eigenvalue weighted by Gasteiger charge is -2.25. The Morgan fingerprint density at radius 1 is 1.20 bits per heavy atom. The highest BCUT2D eigenvalue weighted by Crippen LogP contribution is 2.14. The molecule has 0 aromatic rings. The van der Waals surface area contributed by atoms with E-state index in [1.54, 1.807) is 7.11 Å². The van der Waals surface area contributed by atoms with Crippen LogP contribution in [0.3, 0.4) is 0 Å². The highest BCUT2D eigenvalue weighted by Gasteiger charge is 2.16. The Bertz CT molecular complexity index is 145. The lowest BCUT2D eigenvalue weighted by atomic mass is 10.1. The van der Waals surface area contributed by atoms with Gasteiger partial charge < -0.3 is 14.2 Å². The van der Waals surface area contributed by atoms with Gasteiger partial charge in [0, 0.05) is 13.7 Å². The van der Waals surface area contributed by atoms with Gasteiger partial charge in [0.15, 0.2) is 0 Å². The quantitative estimate of drug-likeness (QED) is 0.708. The van der Waals surface area contributed by atoms with Crippen LogP contribution in [0.15, 0.2) is 0 Å². The van der Waals surface area contributed by atoms with E-state index in [-0.39, 0.29) is 6.23 Å². The minimum absolute atomic E-state index is 0.235. The zero-order valence-electron chi connectivity index (χ0n) is 9.83. The highest BCUT2D eigenvalue weighted by atomic mass is 16.7. The number of hydrogen-bond donors (Lipinski definition) is 1. The number of rotatable bonds is 5. The Morgan fingerprint density at radius 3 is 2.80 bits per heavy atom. The van der Waals surface area contributed by atoms with Crippen molar-refractivity contribution in [3.05, 3.63) is 0 Å². The molecule has 4 nitrogen and oxygen atoms in total. The van der Waals surface area contributed by atoms with Gasteiger partial charge in [0.2, 0.25) is 0 Å². The second-order valence-corrected chi connectivity index (χ2v) is 3.81. The first-order valence-corrected chi connectivity index (χ1v) is 5.82. The van der Waals surface area contributed by atoms with E-state index in [0.29, 0.717) is 12.9 Å². The third kappa shape index (κ3) is 5.47. The summed E-state index contributed by atoms with van der Waals surface area (Å²) in [4.78, 5) is 0. The molecule has 0 aromatic heterocycles. The Labute approximate surface area is 92.3 Å². The van der Waals surface area contributed by atoms with Crippen molar-refractivity contribution in [2.45, 2.75) is 44.9 Å². The van der Waals surface area contributed by atoms with E-state index in [1.807, 2.05) is 6.92 Å². The molecule has 1 fully saturated rings. The molecule has 0 spiro atoms. The maximum absolute atomic E-state index is 5.56. The molecular formula is C11H23NO3. The average Bonchev–Trinajstić information content (AvgIpc) is 2.20. The van der Waals surface area contributed by atoms with E-state index in [9.17, 15) is 0 Å². The maximum Gasteiger partial charge on any atom is 0.146 e. The molecule has 1 N–H and O–H groups in total. The minimum atomic E-state index is 0.235. The predicted molar refractivity (Wildman–Crippen MR) is 58.6 cm³/mol. The molecule has 15 heavy (non-hydrogen) atoms. The summed E-state index contributed by atoms with van der Waals surface area (Å²) in [7, 11) is 1.66. The van der Waals surface area contributed by atoms with Crippen LogP contribution in [0.2, 0.25) is 0 Å². The van der Waals surface area contributed by atoms with E-state index in [4.69, 9.17) is 14.2 Å². The summed E-state index contributed by atoms with van der Waals surface area (Å²) in [5.41, 5.74) is 0. The predicted octanol–water partition coefficient (Wildman–Crippen LogP) is 1.50. The van der Waals surface area contributed by atoms with E-state index in [1.165, 1.54) is 0 Å². The minimum Gasteiger partial charge on any atom is -0.364 e. The highest BCUT2D eigenvalue weighted by molar-refractivity contribution is 4.68. The van der Waals surface area contributed by atoms with Crippen molar-refractivity contribution in [2.24, 2.45) is 0 Å². The van der Waals surface area contributed by atoms with Crippen LogP contribution >= 0.6 is 0 Å². The van der Waals surface area contributed by atoms with Crippen LogP contribution in [-0.2, 0) is 14.2 Å². The molecule has 0 amide bonds. The van der Waals surface area contributed by atoms with Gasteiger partial charge in [0.1, 0.15) is 13.0 Å². The SMILES string of the molecule is CCOC1CCCC(OCOC)CCN1. The standard InChI is InChI=1S/C11H23NO3/c1-3-14-11-6-4-5-10(7-8-12-11)15-9-13-2/h10-12H,3-9H2,1-2H3. The van der Waals surface area contributed by atoms with Crippen molar-refractivity contribution >= 4 is 0 Å². The second-order valence-electron chi connectivity index (χ2n) is 3.81. The molecule has 90 valence electrons. The molecular weight excluding hydrogens is 194 g/mol. The first kappa shape index (κ1) is 12.9. The van der Waals surface area contributed by atoms with Gasteiger partial charge in [-0.2, -0.15) is 0 Å². The van der Waals surface area contributed by atoms with Gasteiger partial charge in [-0.05, 0) is 39.2 Å². The van der Waals surface area contributed by atoms with Gasteiger partial charge in [-0.3, -0.25) is 5.32 Å². The largest absolute Gasteiger partial charge is 0.364 e. The van der Waals surface area contributed by atoms with Gasteiger partial charge in [-0.15, -0.1) is 0 Å². The maximum atomic E-state index is 5.56. The van der Waals surface area contributed by atoms with E-state index >= 15 is 0 Å². The summed E-state index contributed by atoms with van der Waals surface area (Å²) < 4.78 is 16.0. The van der Waals surface area contributed by atoms with Crippen LogP contribution in [0.4, 0.5) is 0 Å². The fourth-order valence-electron chi connectivity index (χ4n) is 1.86. The lowest BCUT2D eigenvalue weighted by Crippen LogP contribution is -2.36. The summed E-state index contributed by atoms with van der Waals surface area (Å²) in [6, 6.07) is 0. The molecule has 1 saturated heterocycles. The van der Waals surface area contributed by atoms with Gasteiger partial charge in [-0.1, -0.05) is 0 Å². The summed E-state index contributed by atoms with van der Waals surface area (Å²) >= 11 is 0. The van der Waals surface area contributed by atoms with E-state index in [0.717, 1.165) is 38.8 Å². The van der Waals surface area contributed by atoms with Crippen molar-refractivity contribution in [1.29, 1.82) is 0 Å². The average molecular weight is 217 g/mol. The first-order chi connectivity index (χ1) is 7.36. The summed E-state index contributed by atoms with van der Waals surface area (Å²) in [6.07, 6.45) is 4.92. The van der Waals surface area contributed by atoms with Crippen LogP contribution in [0.5, 0.6) is 0 Å². The Balaban J connectivity index is 2.18. The molecule has 0 aromatic carbocycles. The van der Waals surface area contributed by atoms with Crippen LogP contribution in [-0.4, -0.2) is 39.4 Å². The molecule has 2 atom stereocenters. The molecule has 0 saturated carbocycles. The van der Waals surface area contributed by atoms with Crippen molar-refractivity contribution in [3.63, 3.8) is 0 Å². The normalized spacial score (nSPS) is 28.4. The van der Waals surface area contributed by atoms with E-state index in [2.05, 4.69) is 5.32 Å². The Hall–Kier alpha value is -0.160. The molecule has 2 unspecified atom stereocenters. The van der Waals surface area contributed by atoms with Gasteiger partial charge in [0.05, 0.1) is 6.10 Å². The van der Waals surface area contributed by atoms with Crippen LogP contribution in [0, 0.1) is 0 Å². The second kappa shape index (κ2) is 8.05. The lowest BCUT2D eigenvalue weighted by molar-refractivity contribution is -0.0823. The Kier molecular flexibility index (Phi) is 6.92. The van der Waals surface area contributed by atoms with Crippen molar-refractivity contribution in [3.8, 4) is 0 Å². The molecule has 1 aliphatic heterocycles. The van der Waals surface area contributed by atoms with Gasteiger partial charge >= 0.3 is 0 Å². The Morgan fingerprint density at radius 2 is 2.07 bits per heavy atom. The van der Waals surface area contributed by atoms with Crippen molar-refractivity contribution in [1.82, 2.24) is 5.32 Å². The zero-order chi connectivity index (χ0) is 10.9. The number of nitrogens with one attached hydrogen (secondary N) is 1. The van der Waals surface area contributed by atoms with E-state index < -0.39 is 0 Å². The topological polar surface area (TPSA) is 39.7 Å². The molecule has 1 rings (SSSR count). The van der Waals surface area contributed by atoms with Crippen LogP contribution in [0.1, 0.15) is 32.6 Å². The van der Waals surface area contributed by atoms with Crippen LogP contribution < -0.4 is 5.32 Å².